The van der Waals surface area contributed by atoms with Crippen LogP contribution in [0.3, 0.4) is 0 Å². The first-order valence-corrected chi connectivity index (χ1v) is 7.88. The normalized spacial score (nSPS) is 20.2. The summed E-state index contributed by atoms with van der Waals surface area (Å²) in [6.45, 7) is 4.71. The minimum Gasteiger partial charge on any atom is -0.494 e. The van der Waals surface area contributed by atoms with Crippen molar-refractivity contribution in [1.82, 2.24) is 5.32 Å². The van der Waals surface area contributed by atoms with Gasteiger partial charge in [0.1, 0.15) is 5.75 Å². The molecule has 0 bridgehead atoms. The molecule has 1 fully saturated rings. The maximum Gasteiger partial charge on any atom is 0.239 e. The molecule has 0 unspecified atom stereocenters. The van der Waals surface area contributed by atoms with Crippen molar-refractivity contribution in [2.75, 3.05) is 6.61 Å². The molecule has 112 valence electrons. The lowest BCUT2D eigenvalue weighted by atomic mass is 10.2. The second-order valence-electron chi connectivity index (χ2n) is 4.67. The highest BCUT2D eigenvalue weighted by atomic mass is 32.2. The molecule has 21 heavy (non-hydrogen) atoms. The molecule has 1 aromatic rings. The van der Waals surface area contributed by atoms with Crippen molar-refractivity contribution < 1.29 is 9.53 Å². The van der Waals surface area contributed by atoms with Crippen LogP contribution in [0.2, 0.25) is 0 Å². The van der Waals surface area contributed by atoms with Crippen molar-refractivity contribution in [3.8, 4) is 5.75 Å². The van der Waals surface area contributed by atoms with Crippen LogP contribution < -0.4 is 10.1 Å². The molecular weight excluding hydrogens is 286 g/mol. The van der Waals surface area contributed by atoms with Crippen LogP contribution in [0.5, 0.6) is 5.75 Å². The van der Waals surface area contributed by atoms with E-state index < -0.39 is 0 Å². The molecule has 0 spiro atoms. The van der Waals surface area contributed by atoms with Gasteiger partial charge in [-0.2, -0.15) is 5.10 Å². The van der Waals surface area contributed by atoms with E-state index >= 15 is 0 Å². The molecule has 1 aliphatic heterocycles. The molecule has 1 aromatic carbocycles. The van der Waals surface area contributed by atoms with Gasteiger partial charge in [0.2, 0.25) is 5.91 Å². The van der Waals surface area contributed by atoms with Crippen LogP contribution in [-0.4, -0.2) is 29.1 Å². The van der Waals surface area contributed by atoms with Gasteiger partial charge in [-0.05, 0) is 43.2 Å². The number of unbranched alkanes of at least 4 members (excludes halogenated alkanes) is 1. The van der Waals surface area contributed by atoms with Gasteiger partial charge < -0.3 is 10.1 Å². The van der Waals surface area contributed by atoms with Gasteiger partial charge in [0, 0.05) is 0 Å². The fourth-order valence-electron chi connectivity index (χ4n) is 1.64. The number of rotatable bonds is 6. The van der Waals surface area contributed by atoms with Crippen LogP contribution in [-0.2, 0) is 4.79 Å². The fourth-order valence-corrected chi connectivity index (χ4v) is 2.39. The van der Waals surface area contributed by atoms with Crippen molar-refractivity contribution in [1.29, 1.82) is 0 Å². The fraction of sp³-hybridized carbons (Fsp3) is 0.400. The Balaban J connectivity index is 1.87. The van der Waals surface area contributed by atoms with Gasteiger partial charge in [0.05, 0.1) is 18.1 Å². The standard InChI is InChI=1S/C15H19N3O2S/c1-3-4-9-20-13-7-5-12(6-8-13)10-16-18-15-17-14(19)11(2)21-15/h5-8,10-11H,3-4,9H2,1-2H3,(H,17,18,19)/b16-10-/t11-/m1/s1. The summed E-state index contributed by atoms with van der Waals surface area (Å²) in [4.78, 5) is 11.3. The molecule has 0 saturated carbocycles. The van der Waals surface area contributed by atoms with Crippen LogP contribution in [0.15, 0.2) is 34.5 Å². The van der Waals surface area contributed by atoms with Gasteiger partial charge in [-0.1, -0.05) is 25.1 Å². The van der Waals surface area contributed by atoms with Crippen molar-refractivity contribution in [3.63, 3.8) is 0 Å². The highest BCUT2D eigenvalue weighted by molar-refractivity contribution is 8.15. The van der Waals surface area contributed by atoms with Crippen LogP contribution in [0.1, 0.15) is 32.3 Å². The second-order valence-corrected chi connectivity index (χ2v) is 6.00. The molecule has 1 saturated heterocycles. The SMILES string of the molecule is CCCCOc1ccc(/C=N\N=C2/NC(=O)[C@@H](C)S2)cc1. The number of benzene rings is 1. The number of carbonyl (C=O) groups excluding carboxylic acids is 1. The highest BCUT2D eigenvalue weighted by Crippen LogP contribution is 2.18. The summed E-state index contributed by atoms with van der Waals surface area (Å²) in [6, 6.07) is 7.68. The molecule has 1 aliphatic rings. The average molecular weight is 305 g/mol. The number of nitrogens with zero attached hydrogens (tertiary/aromatic N) is 2. The predicted molar refractivity (Wildman–Crippen MR) is 87.1 cm³/mol. The van der Waals surface area contributed by atoms with Gasteiger partial charge in [0.25, 0.3) is 0 Å². The second kappa shape index (κ2) is 7.83. The monoisotopic (exact) mass is 305 g/mol. The third-order valence-corrected chi connectivity index (χ3v) is 3.86. The van der Waals surface area contributed by atoms with Crippen LogP contribution in [0.4, 0.5) is 0 Å². The smallest absolute Gasteiger partial charge is 0.239 e. The summed E-state index contributed by atoms with van der Waals surface area (Å²) in [5.41, 5.74) is 0.935. The molecule has 1 atom stereocenters. The van der Waals surface area contributed by atoms with Crippen LogP contribution in [0.25, 0.3) is 0 Å². The zero-order chi connectivity index (χ0) is 15.1. The Bertz CT molecular complexity index is 540. The van der Waals surface area contributed by atoms with Crippen LogP contribution in [0, 0.1) is 0 Å². The summed E-state index contributed by atoms with van der Waals surface area (Å²) < 4.78 is 5.59. The minimum absolute atomic E-state index is 0.0254. The number of ether oxygens (including phenoxy) is 1. The lowest BCUT2D eigenvalue weighted by Gasteiger charge is -2.04. The number of hydrogen-bond acceptors (Lipinski definition) is 5. The topological polar surface area (TPSA) is 63.1 Å². The van der Waals surface area contributed by atoms with E-state index in [1.807, 2.05) is 31.2 Å². The summed E-state index contributed by atoms with van der Waals surface area (Å²) >= 11 is 1.38. The molecule has 1 N–H and O–H groups in total. The average Bonchev–Trinajstić information content (AvgIpc) is 2.80. The van der Waals surface area contributed by atoms with Gasteiger partial charge in [-0.15, -0.1) is 5.10 Å². The molecule has 1 amide bonds. The lowest BCUT2D eigenvalue weighted by Crippen LogP contribution is -2.23. The molecule has 0 aromatic heterocycles. The number of nitrogens with one attached hydrogen (secondary N) is 1. The molecule has 5 nitrogen and oxygen atoms in total. The maximum atomic E-state index is 11.3. The summed E-state index contributed by atoms with van der Waals surface area (Å²) in [5, 5.41) is 11.1. The number of thioether (sulfide) groups is 1. The quantitative estimate of drug-likeness (QED) is 0.499. The highest BCUT2D eigenvalue weighted by Gasteiger charge is 2.25. The predicted octanol–water partition coefficient (Wildman–Crippen LogP) is 2.81. The van der Waals surface area contributed by atoms with Gasteiger partial charge >= 0.3 is 0 Å². The largest absolute Gasteiger partial charge is 0.494 e. The van der Waals surface area contributed by atoms with Gasteiger partial charge in [-0.25, -0.2) is 0 Å². The van der Waals surface area contributed by atoms with Crippen molar-refractivity contribution >= 4 is 29.1 Å². The zero-order valence-corrected chi connectivity index (χ0v) is 13.0. The van der Waals surface area contributed by atoms with E-state index in [-0.39, 0.29) is 11.2 Å². The van der Waals surface area contributed by atoms with E-state index in [0.717, 1.165) is 30.8 Å². The third-order valence-electron chi connectivity index (χ3n) is 2.89. The van der Waals surface area contributed by atoms with E-state index in [0.29, 0.717) is 5.17 Å². The molecule has 2 rings (SSSR count). The number of amidine groups is 1. The minimum atomic E-state index is -0.0986. The Labute approximate surface area is 128 Å². The van der Waals surface area contributed by atoms with E-state index in [2.05, 4.69) is 22.4 Å². The summed E-state index contributed by atoms with van der Waals surface area (Å²) in [6.07, 6.45) is 3.83. The Morgan fingerprint density at radius 3 is 2.76 bits per heavy atom. The molecule has 1 heterocycles. The van der Waals surface area contributed by atoms with E-state index in [1.165, 1.54) is 11.8 Å². The number of carbonyl (C=O) groups is 1. The van der Waals surface area contributed by atoms with Gasteiger partial charge in [0.15, 0.2) is 5.17 Å². The lowest BCUT2D eigenvalue weighted by molar-refractivity contribution is -0.118. The molecule has 0 aliphatic carbocycles. The third kappa shape index (κ3) is 4.90. The van der Waals surface area contributed by atoms with E-state index in [1.54, 1.807) is 6.21 Å². The summed E-state index contributed by atoms with van der Waals surface area (Å²) in [7, 11) is 0. The molecule has 0 radical (unpaired) electrons. The Morgan fingerprint density at radius 1 is 1.38 bits per heavy atom. The van der Waals surface area contributed by atoms with Gasteiger partial charge in [-0.3, -0.25) is 4.79 Å². The van der Waals surface area contributed by atoms with E-state index in [4.69, 9.17) is 4.74 Å². The Hall–Kier alpha value is -1.82. The van der Waals surface area contributed by atoms with Crippen molar-refractivity contribution in [2.45, 2.75) is 31.9 Å². The number of amides is 1. The Kier molecular flexibility index (Phi) is 5.80. The zero-order valence-electron chi connectivity index (χ0n) is 12.2. The number of hydrogen-bond donors (Lipinski definition) is 1. The first kappa shape index (κ1) is 15.6. The maximum absolute atomic E-state index is 11.3. The molecular formula is C15H19N3O2S. The summed E-state index contributed by atoms with van der Waals surface area (Å²) in [5.74, 6) is 0.835. The van der Waals surface area contributed by atoms with Crippen molar-refractivity contribution in [3.05, 3.63) is 29.8 Å². The first-order valence-electron chi connectivity index (χ1n) is 7.00. The Morgan fingerprint density at radius 2 is 2.14 bits per heavy atom. The molecule has 6 heteroatoms. The first-order chi connectivity index (χ1) is 10.2. The van der Waals surface area contributed by atoms with E-state index in [9.17, 15) is 4.79 Å². The van der Waals surface area contributed by atoms with Crippen LogP contribution >= 0.6 is 11.8 Å². The van der Waals surface area contributed by atoms with Crippen molar-refractivity contribution in [2.24, 2.45) is 10.2 Å².